The van der Waals surface area contributed by atoms with Crippen LogP contribution in [-0.4, -0.2) is 31.2 Å². The second kappa shape index (κ2) is 11.9. The normalized spacial score (nSPS) is 11.5. The third kappa shape index (κ3) is 7.60. The standard InChI is InChI=1S/C25H25N3O4/c1-19(21-8-4-2-5-9-21)27-24(29)17-31-23-14-12-20(13-15-23)16-26-28-25(30)18-32-22-10-6-3-7-11-22/h2-16,19H,17-18H2,1H3,(H,27,29)(H,28,30)/b26-16-/t19-/m1/s1. The van der Waals surface area contributed by atoms with E-state index in [0.29, 0.717) is 11.5 Å². The molecule has 0 radical (unpaired) electrons. The van der Waals surface area contributed by atoms with Gasteiger partial charge in [-0.15, -0.1) is 0 Å². The predicted octanol–water partition coefficient (Wildman–Crippen LogP) is 3.47. The highest BCUT2D eigenvalue weighted by Crippen LogP contribution is 2.13. The second-order valence-electron chi connectivity index (χ2n) is 6.95. The van der Waals surface area contributed by atoms with Crippen LogP contribution in [0, 0.1) is 0 Å². The van der Waals surface area contributed by atoms with Crippen molar-refractivity contribution in [3.8, 4) is 11.5 Å². The maximum absolute atomic E-state index is 12.1. The van der Waals surface area contributed by atoms with E-state index in [2.05, 4.69) is 15.8 Å². The van der Waals surface area contributed by atoms with Gasteiger partial charge in [0.15, 0.2) is 13.2 Å². The summed E-state index contributed by atoms with van der Waals surface area (Å²) < 4.78 is 10.9. The van der Waals surface area contributed by atoms with Crippen molar-refractivity contribution in [1.82, 2.24) is 10.7 Å². The Kier molecular flexibility index (Phi) is 8.39. The van der Waals surface area contributed by atoms with Crippen LogP contribution >= 0.6 is 0 Å². The topological polar surface area (TPSA) is 89.0 Å². The van der Waals surface area contributed by atoms with E-state index in [0.717, 1.165) is 11.1 Å². The first-order chi connectivity index (χ1) is 15.6. The number of hydrazone groups is 1. The highest BCUT2D eigenvalue weighted by atomic mass is 16.5. The molecule has 3 aromatic rings. The van der Waals surface area contributed by atoms with Crippen LogP contribution in [0.5, 0.6) is 11.5 Å². The molecule has 3 rings (SSSR count). The van der Waals surface area contributed by atoms with Gasteiger partial charge in [0.2, 0.25) is 0 Å². The first kappa shape index (κ1) is 22.6. The summed E-state index contributed by atoms with van der Waals surface area (Å²) >= 11 is 0. The van der Waals surface area contributed by atoms with E-state index in [9.17, 15) is 9.59 Å². The number of para-hydroxylation sites is 1. The van der Waals surface area contributed by atoms with Gasteiger partial charge in [-0.3, -0.25) is 9.59 Å². The second-order valence-corrected chi connectivity index (χ2v) is 6.95. The average molecular weight is 431 g/mol. The number of carbonyl (C=O) groups is 2. The molecular formula is C25H25N3O4. The zero-order valence-electron chi connectivity index (χ0n) is 17.7. The van der Waals surface area contributed by atoms with Gasteiger partial charge in [0.05, 0.1) is 12.3 Å². The summed E-state index contributed by atoms with van der Waals surface area (Å²) in [6.45, 7) is 1.72. The molecule has 0 unspecified atom stereocenters. The lowest BCUT2D eigenvalue weighted by Gasteiger charge is -2.14. The SMILES string of the molecule is C[C@@H](NC(=O)COc1ccc(/C=N\NC(=O)COc2ccccc2)cc1)c1ccccc1. The van der Waals surface area contributed by atoms with Crippen LogP contribution in [0.2, 0.25) is 0 Å². The zero-order valence-corrected chi connectivity index (χ0v) is 17.7. The molecule has 0 bridgehead atoms. The molecule has 2 amide bonds. The van der Waals surface area contributed by atoms with Crippen LogP contribution in [0.3, 0.4) is 0 Å². The Labute approximate surface area is 187 Å². The molecule has 0 aromatic heterocycles. The van der Waals surface area contributed by atoms with Gasteiger partial charge in [0.1, 0.15) is 11.5 Å². The Morgan fingerprint density at radius 1 is 0.812 bits per heavy atom. The Morgan fingerprint density at radius 3 is 2.03 bits per heavy atom. The maximum atomic E-state index is 12.1. The molecule has 0 fully saturated rings. The van der Waals surface area contributed by atoms with Crippen molar-refractivity contribution in [3.63, 3.8) is 0 Å². The minimum atomic E-state index is -0.360. The lowest BCUT2D eigenvalue weighted by Crippen LogP contribution is -2.31. The van der Waals surface area contributed by atoms with Gasteiger partial charge in [0, 0.05) is 0 Å². The number of benzene rings is 3. The molecule has 0 saturated heterocycles. The summed E-state index contributed by atoms with van der Waals surface area (Å²) in [4.78, 5) is 23.9. The lowest BCUT2D eigenvalue weighted by molar-refractivity contribution is -0.124. The van der Waals surface area contributed by atoms with E-state index in [4.69, 9.17) is 9.47 Å². The maximum Gasteiger partial charge on any atom is 0.277 e. The molecule has 0 aliphatic heterocycles. The minimum Gasteiger partial charge on any atom is -0.484 e. The Bertz CT molecular complexity index is 1020. The quantitative estimate of drug-likeness (QED) is 0.380. The van der Waals surface area contributed by atoms with Crippen molar-refractivity contribution in [1.29, 1.82) is 0 Å². The van der Waals surface area contributed by atoms with E-state index >= 15 is 0 Å². The van der Waals surface area contributed by atoms with E-state index in [-0.39, 0.29) is 31.1 Å². The van der Waals surface area contributed by atoms with Gasteiger partial charge in [-0.2, -0.15) is 5.10 Å². The number of hydrogen-bond acceptors (Lipinski definition) is 5. The first-order valence-corrected chi connectivity index (χ1v) is 10.2. The van der Waals surface area contributed by atoms with Gasteiger partial charge in [-0.25, -0.2) is 5.43 Å². The number of nitrogens with one attached hydrogen (secondary N) is 2. The summed E-state index contributed by atoms with van der Waals surface area (Å²) in [5.74, 6) is 0.614. The van der Waals surface area contributed by atoms with Gasteiger partial charge in [-0.1, -0.05) is 48.5 Å². The van der Waals surface area contributed by atoms with Crippen LogP contribution in [0.1, 0.15) is 24.1 Å². The van der Waals surface area contributed by atoms with Crippen LogP contribution in [0.15, 0.2) is 90.0 Å². The molecule has 1 atom stereocenters. The minimum absolute atomic E-state index is 0.0813. The van der Waals surface area contributed by atoms with Crippen molar-refractivity contribution in [2.24, 2.45) is 5.10 Å². The number of hydrogen-bond donors (Lipinski definition) is 2. The van der Waals surface area contributed by atoms with Gasteiger partial charge >= 0.3 is 0 Å². The number of ether oxygens (including phenoxy) is 2. The van der Waals surface area contributed by atoms with Crippen LogP contribution < -0.4 is 20.2 Å². The summed E-state index contributed by atoms with van der Waals surface area (Å²) in [5.41, 5.74) is 4.21. The smallest absolute Gasteiger partial charge is 0.277 e. The van der Waals surface area contributed by atoms with Crippen molar-refractivity contribution in [2.75, 3.05) is 13.2 Å². The highest BCUT2D eigenvalue weighted by molar-refractivity contribution is 5.83. The van der Waals surface area contributed by atoms with E-state index in [1.165, 1.54) is 6.21 Å². The number of carbonyl (C=O) groups excluding carboxylic acids is 2. The molecule has 0 aliphatic carbocycles. The molecular weight excluding hydrogens is 406 g/mol. The van der Waals surface area contributed by atoms with Crippen LogP contribution in [-0.2, 0) is 9.59 Å². The molecule has 32 heavy (non-hydrogen) atoms. The molecule has 2 N–H and O–H groups in total. The molecule has 7 nitrogen and oxygen atoms in total. The fourth-order valence-corrected chi connectivity index (χ4v) is 2.78. The molecule has 3 aromatic carbocycles. The van der Waals surface area contributed by atoms with Gasteiger partial charge in [-0.05, 0) is 54.4 Å². The van der Waals surface area contributed by atoms with Crippen molar-refractivity contribution in [3.05, 3.63) is 96.1 Å². The molecule has 0 aliphatic rings. The van der Waals surface area contributed by atoms with Gasteiger partial charge in [0.25, 0.3) is 11.8 Å². The first-order valence-electron chi connectivity index (χ1n) is 10.2. The molecule has 0 saturated carbocycles. The molecule has 0 heterocycles. The molecule has 0 spiro atoms. The van der Waals surface area contributed by atoms with Crippen molar-refractivity contribution >= 4 is 18.0 Å². The van der Waals surface area contributed by atoms with Crippen molar-refractivity contribution < 1.29 is 19.1 Å². The Morgan fingerprint density at radius 2 is 1.38 bits per heavy atom. The third-order valence-electron chi connectivity index (χ3n) is 4.44. The summed E-state index contributed by atoms with van der Waals surface area (Å²) in [7, 11) is 0. The Hall–Kier alpha value is -4.13. The molecule has 7 heteroatoms. The zero-order chi connectivity index (χ0) is 22.6. The number of nitrogens with zero attached hydrogens (tertiary/aromatic N) is 1. The summed E-state index contributed by atoms with van der Waals surface area (Å²) in [5, 5.41) is 6.81. The summed E-state index contributed by atoms with van der Waals surface area (Å²) in [6, 6.07) is 25.7. The largest absolute Gasteiger partial charge is 0.484 e. The third-order valence-corrected chi connectivity index (χ3v) is 4.44. The molecule has 164 valence electrons. The van der Waals surface area contributed by atoms with E-state index < -0.39 is 0 Å². The number of rotatable bonds is 10. The fourth-order valence-electron chi connectivity index (χ4n) is 2.78. The average Bonchev–Trinajstić information content (AvgIpc) is 2.83. The van der Waals surface area contributed by atoms with E-state index in [1.54, 1.807) is 36.4 Å². The lowest BCUT2D eigenvalue weighted by atomic mass is 10.1. The Balaban J connectivity index is 1.37. The monoisotopic (exact) mass is 431 g/mol. The van der Waals surface area contributed by atoms with Crippen LogP contribution in [0.4, 0.5) is 0 Å². The fraction of sp³-hybridized carbons (Fsp3) is 0.160. The van der Waals surface area contributed by atoms with Crippen molar-refractivity contribution in [2.45, 2.75) is 13.0 Å². The highest BCUT2D eigenvalue weighted by Gasteiger charge is 2.09. The summed E-state index contributed by atoms with van der Waals surface area (Å²) in [6.07, 6.45) is 1.51. The van der Waals surface area contributed by atoms with Gasteiger partial charge < -0.3 is 14.8 Å². The van der Waals surface area contributed by atoms with E-state index in [1.807, 2.05) is 55.5 Å². The number of amides is 2. The van der Waals surface area contributed by atoms with Crippen LogP contribution in [0.25, 0.3) is 0 Å². The predicted molar refractivity (Wildman–Crippen MR) is 123 cm³/mol.